The predicted molar refractivity (Wildman–Crippen MR) is 68.7 cm³/mol. The monoisotopic (exact) mass is 212 g/mol. The third-order valence-corrected chi connectivity index (χ3v) is 2.89. The van der Waals surface area contributed by atoms with Crippen molar-refractivity contribution in [1.29, 1.82) is 0 Å². The van der Waals surface area contributed by atoms with Crippen molar-refractivity contribution in [3.8, 4) is 11.3 Å². The largest absolute Gasteiger partial charge is 0.373 e. The number of aryl methyl sites for hydroxylation is 1. The molecule has 1 heterocycles. The van der Waals surface area contributed by atoms with E-state index in [9.17, 15) is 0 Å². The molecule has 0 bridgehead atoms. The lowest BCUT2D eigenvalue weighted by Crippen LogP contribution is -1.94. The molecule has 0 unspecified atom stereocenters. The lowest BCUT2D eigenvalue weighted by Gasteiger charge is -2.09. The van der Waals surface area contributed by atoms with E-state index >= 15 is 0 Å². The molecule has 2 aromatic rings. The molecule has 1 N–H and O–H groups in total. The molecule has 2 nitrogen and oxygen atoms in total. The highest BCUT2D eigenvalue weighted by Gasteiger charge is 2.05. The molecular formula is C14H16N2. The first-order valence-corrected chi connectivity index (χ1v) is 5.44. The maximum Gasteiger partial charge on any atom is 0.126 e. The fourth-order valence-electron chi connectivity index (χ4n) is 1.75. The molecule has 0 aliphatic heterocycles. The zero-order valence-electron chi connectivity index (χ0n) is 9.91. The van der Waals surface area contributed by atoms with Gasteiger partial charge in [0, 0.05) is 12.6 Å². The van der Waals surface area contributed by atoms with E-state index in [2.05, 4.69) is 42.3 Å². The lowest BCUT2D eigenvalue weighted by atomic mass is 10.0. The van der Waals surface area contributed by atoms with Crippen molar-refractivity contribution < 1.29 is 0 Å². The number of nitrogens with zero attached hydrogens (tertiary/aromatic N) is 1. The third kappa shape index (κ3) is 1.91. The Kier molecular flexibility index (Phi) is 2.91. The molecule has 0 fully saturated rings. The van der Waals surface area contributed by atoms with Gasteiger partial charge < -0.3 is 5.32 Å². The normalized spacial score (nSPS) is 10.2. The second-order valence-corrected chi connectivity index (χ2v) is 3.91. The fourth-order valence-corrected chi connectivity index (χ4v) is 1.75. The first-order valence-electron chi connectivity index (χ1n) is 5.44. The van der Waals surface area contributed by atoms with Gasteiger partial charge in [-0.15, -0.1) is 0 Å². The van der Waals surface area contributed by atoms with Crippen LogP contribution in [-0.4, -0.2) is 12.0 Å². The number of hydrogen-bond donors (Lipinski definition) is 1. The predicted octanol–water partition coefficient (Wildman–Crippen LogP) is 3.41. The van der Waals surface area contributed by atoms with Gasteiger partial charge in [0.25, 0.3) is 0 Å². The van der Waals surface area contributed by atoms with Gasteiger partial charge in [-0.2, -0.15) is 0 Å². The third-order valence-electron chi connectivity index (χ3n) is 2.89. The van der Waals surface area contributed by atoms with Crippen LogP contribution in [0.3, 0.4) is 0 Å². The number of pyridine rings is 1. The van der Waals surface area contributed by atoms with Gasteiger partial charge in [-0.25, -0.2) is 4.98 Å². The SMILES string of the molecule is CNc1cccc(-c2cccc(C)c2C)n1. The Morgan fingerprint density at radius 1 is 1.00 bits per heavy atom. The number of anilines is 1. The molecule has 1 aromatic carbocycles. The first-order chi connectivity index (χ1) is 7.72. The van der Waals surface area contributed by atoms with Gasteiger partial charge in [-0.1, -0.05) is 24.3 Å². The quantitative estimate of drug-likeness (QED) is 0.825. The lowest BCUT2D eigenvalue weighted by molar-refractivity contribution is 1.26. The summed E-state index contributed by atoms with van der Waals surface area (Å²) in [5.74, 6) is 0.901. The summed E-state index contributed by atoms with van der Waals surface area (Å²) in [4.78, 5) is 4.55. The molecule has 0 amide bonds. The molecule has 2 rings (SSSR count). The van der Waals surface area contributed by atoms with E-state index < -0.39 is 0 Å². The molecule has 1 aromatic heterocycles. The van der Waals surface area contributed by atoms with Crippen molar-refractivity contribution in [1.82, 2.24) is 4.98 Å². The van der Waals surface area contributed by atoms with Crippen LogP contribution in [0.15, 0.2) is 36.4 Å². The number of rotatable bonds is 2. The van der Waals surface area contributed by atoms with Gasteiger partial charge in [0.15, 0.2) is 0 Å². The van der Waals surface area contributed by atoms with Crippen molar-refractivity contribution in [2.24, 2.45) is 0 Å². The Balaban J connectivity index is 2.54. The van der Waals surface area contributed by atoms with Gasteiger partial charge in [-0.3, -0.25) is 0 Å². The molecule has 0 saturated heterocycles. The maximum absolute atomic E-state index is 4.55. The number of aromatic nitrogens is 1. The molecule has 82 valence electrons. The van der Waals surface area contributed by atoms with Crippen LogP contribution in [0.5, 0.6) is 0 Å². The van der Waals surface area contributed by atoms with E-state index in [4.69, 9.17) is 0 Å². The van der Waals surface area contributed by atoms with Crippen LogP contribution in [0.1, 0.15) is 11.1 Å². The zero-order valence-corrected chi connectivity index (χ0v) is 9.91. The van der Waals surface area contributed by atoms with E-state index in [0.29, 0.717) is 0 Å². The van der Waals surface area contributed by atoms with E-state index in [0.717, 1.165) is 11.5 Å². The highest BCUT2D eigenvalue weighted by molar-refractivity contribution is 5.66. The van der Waals surface area contributed by atoms with Crippen molar-refractivity contribution in [2.75, 3.05) is 12.4 Å². The molecular weight excluding hydrogens is 196 g/mol. The van der Waals surface area contributed by atoms with Crippen LogP contribution in [0.2, 0.25) is 0 Å². The van der Waals surface area contributed by atoms with Crippen LogP contribution < -0.4 is 5.32 Å². The van der Waals surface area contributed by atoms with Crippen molar-refractivity contribution in [3.05, 3.63) is 47.5 Å². The van der Waals surface area contributed by atoms with Crippen LogP contribution in [0, 0.1) is 13.8 Å². The van der Waals surface area contributed by atoms with Crippen molar-refractivity contribution in [2.45, 2.75) is 13.8 Å². The summed E-state index contributed by atoms with van der Waals surface area (Å²) < 4.78 is 0. The molecule has 0 saturated carbocycles. The van der Waals surface area contributed by atoms with Crippen LogP contribution in [0.4, 0.5) is 5.82 Å². The topological polar surface area (TPSA) is 24.9 Å². The van der Waals surface area contributed by atoms with Gasteiger partial charge >= 0.3 is 0 Å². The number of benzene rings is 1. The Labute approximate surface area is 96.4 Å². The zero-order chi connectivity index (χ0) is 11.5. The number of nitrogens with one attached hydrogen (secondary N) is 1. The van der Waals surface area contributed by atoms with E-state index in [1.807, 2.05) is 25.2 Å². The standard InChI is InChI=1S/C14H16N2/c1-10-6-4-7-12(11(10)2)13-8-5-9-14(15-3)16-13/h4-9H,1-3H3,(H,15,16). The number of hydrogen-bond acceptors (Lipinski definition) is 2. The average molecular weight is 212 g/mol. The second kappa shape index (κ2) is 4.35. The molecule has 0 aliphatic rings. The molecule has 16 heavy (non-hydrogen) atoms. The van der Waals surface area contributed by atoms with Gasteiger partial charge in [0.1, 0.15) is 5.82 Å². The Morgan fingerprint density at radius 2 is 1.75 bits per heavy atom. The maximum atomic E-state index is 4.55. The molecule has 2 heteroatoms. The van der Waals surface area contributed by atoms with E-state index in [1.165, 1.54) is 16.7 Å². The summed E-state index contributed by atoms with van der Waals surface area (Å²) in [7, 11) is 1.88. The fraction of sp³-hybridized carbons (Fsp3) is 0.214. The molecule has 0 atom stereocenters. The van der Waals surface area contributed by atoms with Crippen molar-refractivity contribution >= 4 is 5.82 Å². The molecule has 0 radical (unpaired) electrons. The highest BCUT2D eigenvalue weighted by atomic mass is 15.0. The van der Waals surface area contributed by atoms with Gasteiger partial charge in [0.2, 0.25) is 0 Å². The summed E-state index contributed by atoms with van der Waals surface area (Å²) in [6.45, 7) is 4.26. The molecule has 0 spiro atoms. The second-order valence-electron chi connectivity index (χ2n) is 3.91. The minimum atomic E-state index is 0.901. The minimum absolute atomic E-state index is 0.901. The summed E-state index contributed by atoms with van der Waals surface area (Å²) in [6.07, 6.45) is 0. The minimum Gasteiger partial charge on any atom is -0.373 e. The van der Waals surface area contributed by atoms with E-state index in [-0.39, 0.29) is 0 Å². The first kappa shape index (κ1) is 10.7. The Morgan fingerprint density at radius 3 is 2.50 bits per heavy atom. The van der Waals surface area contributed by atoms with Gasteiger partial charge in [0.05, 0.1) is 5.69 Å². The Bertz CT molecular complexity index is 504. The summed E-state index contributed by atoms with van der Waals surface area (Å²) >= 11 is 0. The molecule has 0 aliphatic carbocycles. The smallest absolute Gasteiger partial charge is 0.126 e. The van der Waals surface area contributed by atoms with E-state index in [1.54, 1.807) is 0 Å². The van der Waals surface area contributed by atoms with Gasteiger partial charge in [-0.05, 0) is 37.1 Å². The Hall–Kier alpha value is -1.83. The van der Waals surface area contributed by atoms with Crippen LogP contribution in [0.25, 0.3) is 11.3 Å². The average Bonchev–Trinajstić information content (AvgIpc) is 2.33. The van der Waals surface area contributed by atoms with Crippen LogP contribution >= 0.6 is 0 Å². The highest BCUT2D eigenvalue weighted by Crippen LogP contribution is 2.24. The summed E-state index contributed by atoms with van der Waals surface area (Å²) in [5, 5.41) is 3.06. The van der Waals surface area contributed by atoms with Crippen molar-refractivity contribution in [3.63, 3.8) is 0 Å². The van der Waals surface area contributed by atoms with Crippen LogP contribution in [-0.2, 0) is 0 Å². The summed E-state index contributed by atoms with van der Waals surface area (Å²) in [5.41, 5.74) is 4.82. The summed E-state index contributed by atoms with van der Waals surface area (Å²) in [6, 6.07) is 12.4.